The fraction of sp³-hybridized carbons (Fsp3) is 1.00. The maximum atomic E-state index is 5.66. The van der Waals surface area contributed by atoms with E-state index in [0.29, 0.717) is 6.04 Å². The fourth-order valence-corrected chi connectivity index (χ4v) is 3.13. The third-order valence-corrected chi connectivity index (χ3v) is 4.39. The minimum atomic E-state index is 0.715. The molecule has 2 unspecified atom stereocenters. The first-order valence-electron chi connectivity index (χ1n) is 7.80. The molecule has 1 rings (SSSR count). The highest BCUT2D eigenvalue weighted by molar-refractivity contribution is 4.75. The summed E-state index contributed by atoms with van der Waals surface area (Å²) in [7, 11) is 2.24. The van der Waals surface area contributed by atoms with Crippen molar-refractivity contribution in [1.29, 1.82) is 0 Å². The molecule has 1 aliphatic heterocycles. The Morgan fingerprint density at radius 3 is 2.72 bits per heavy atom. The zero-order chi connectivity index (χ0) is 13.4. The van der Waals surface area contributed by atoms with E-state index in [9.17, 15) is 0 Å². The highest BCUT2D eigenvalue weighted by atomic mass is 15.2. The lowest BCUT2D eigenvalue weighted by molar-refractivity contribution is 0.194. The Kier molecular flexibility index (Phi) is 7.87. The van der Waals surface area contributed by atoms with Gasteiger partial charge in [-0.15, -0.1) is 0 Å². The molecule has 1 aliphatic rings. The van der Waals surface area contributed by atoms with Crippen LogP contribution in [0.25, 0.3) is 0 Å². The highest BCUT2D eigenvalue weighted by Crippen LogP contribution is 2.16. The van der Waals surface area contributed by atoms with E-state index in [1.165, 1.54) is 58.3 Å². The van der Waals surface area contributed by atoms with Gasteiger partial charge in [-0.25, -0.2) is 0 Å². The molecule has 0 spiro atoms. The fourth-order valence-electron chi connectivity index (χ4n) is 3.13. The van der Waals surface area contributed by atoms with Gasteiger partial charge in [-0.1, -0.05) is 13.3 Å². The average Bonchev–Trinajstić information content (AvgIpc) is 2.50. The minimum absolute atomic E-state index is 0.715. The zero-order valence-corrected chi connectivity index (χ0v) is 12.7. The first-order valence-corrected chi connectivity index (χ1v) is 7.80. The summed E-state index contributed by atoms with van der Waals surface area (Å²) in [5, 5.41) is 0. The molecule has 3 heteroatoms. The van der Waals surface area contributed by atoms with Crippen LogP contribution in [0.2, 0.25) is 0 Å². The predicted octanol–water partition coefficient (Wildman–Crippen LogP) is 2.17. The van der Waals surface area contributed by atoms with Crippen LogP contribution in [-0.2, 0) is 0 Å². The van der Waals surface area contributed by atoms with Gasteiger partial charge in [0.1, 0.15) is 0 Å². The minimum Gasteiger partial charge on any atom is -0.330 e. The van der Waals surface area contributed by atoms with Gasteiger partial charge in [0.05, 0.1) is 0 Å². The Balaban J connectivity index is 2.24. The van der Waals surface area contributed by atoms with Gasteiger partial charge in [-0.2, -0.15) is 0 Å². The van der Waals surface area contributed by atoms with Crippen LogP contribution in [0.1, 0.15) is 46.0 Å². The largest absolute Gasteiger partial charge is 0.330 e. The summed E-state index contributed by atoms with van der Waals surface area (Å²) in [6, 6.07) is 0.715. The van der Waals surface area contributed by atoms with Gasteiger partial charge >= 0.3 is 0 Å². The molecule has 0 amide bonds. The van der Waals surface area contributed by atoms with E-state index >= 15 is 0 Å². The van der Waals surface area contributed by atoms with E-state index < -0.39 is 0 Å². The van der Waals surface area contributed by atoms with Crippen LogP contribution in [0.15, 0.2) is 0 Å². The topological polar surface area (TPSA) is 32.5 Å². The standard InChI is InChI=1S/C15H33N3/c1-4-15(8-9-16)7-5-11-18-12-6-10-17(3)13-14(18)2/h14-15H,4-13,16H2,1-3H3. The number of rotatable bonds is 7. The Bertz CT molecular complexity index is 208. The Labute approximate surface area is 114 Å². The Morgan fingerprint density at radius 1 is 1.28 bits per heavy atom. The lowest BCUT2D eigenvalue weighted by Crippen LogP contribution is -2.38. The molecule has 0 aromatic heterocycles. The summed E-state index contributed by atoms with van der Waals surface area (Å²) < 4.78 is 0. The van der Waals surface area contributed by atoms with Crippen molar-refractivity contribution in [2.75, 3.05) is 39.8 Å². The monoisotopic (exact) mass is 255 g/mol. The predicted molar refractivity (Wildman–Crippen MR) is 79.8 cm³/mol. The van der Waals surface area contributed by atoms with Crippen molar-refractivity contribution in [2.45, 2.75) is 52.0 Å². The van der Waals surface area contributed by atoms with Crippen LogP contribution in [0.3, 0.4) is 0 Å². The van der Waals surface area contributed by atoms with E-state index in [1.54, 1.807) is 0 Å². The Morgan fingerprint density at radius 2 is 2.06 bits per heavy atom. The van der Waals surface area contributed by atoms with E-state index in [0.717, 1.165) is 12.5 Å². The molecule has 2 atom stereocenters. The van der Waals surface area contributed by atoms with E-state index in [2.05, 4.69) is 30.7 Å². The van der Waals surface area contributed by atoms with Crippen molar-refractivity contribution in [1.82, 2.24) is 9.80 Å². The van der Waals surface area contributed by atoms with Gasteiger partial charge in [0.15, 0.2) is 0 Å². The van der Waals surface area contributed by atoms with Crippen molar-refractivity contribution >= 4 is 0 Å². The summed E-state index contributed by atoms with van der Waals surface area (Å²) in [6.07, 6.45) is 6.50. The molecule has 1 fully saturated rings. The summed E-state index contributed by atoms with van der Waals surface area (Å²) in [5.74, 6) is 0.847. The van der Waals surface area contributed by atoms with Crippen LogP contribution >= 0.6 is 0 Å². The van der Waals surface area contributed by atoms with Gasteiger partial charge in [0.2, 0.25) is 0 Å². The van der Waals surface area contributed by atoms with Crippen LogP contribution in [0, 0.1) is 5.92 Å². The molecular weight excluding hydrogens is 222 g/mol. The number of likely N-dealkylation sites (N-methyl/N-ethyl adjacent to an activating group) is 1. The van der Waals surface area contributed by atoms with Crippen molar-refractivity contribution in [2.24, 2.45) is 11.7 Å². The normalized spacial score (nSPS) is 25.0. The van der Waals surface area contributed by atoms with E-state index in [1.807, 2.05) is 0 Å². The molecule has 18 heavy (non-hydrogen) atoms. The molecule has 0 aliphatic carbocycles. The number of hydrogen-bond acceptors (Lipinski definition) is 3. The first kappa shape index (κ1) is 15.9. The SMILES string of the molecule is CCC(CCN)CCCN1CCCN(C)CC1C. The van der Waals surface area contributed by atoms with Crippen LogP contribution in [-0.4, -0.2) is 55.6 Å². The van der Waals surface area contributed by atoms with Crippen LogP contribution in [0.5, 0.6) is 0 Å². The van der Waals surface area contributed by atoms with Gasteiger partial charge in [0, 0.05) is 12.6 Å². The highest BCUT2D eigenvalue weighted by Gasteiger charge is 2.19. The third kappa shape index (κ3) is 5.68. The van der Waals surface area contributed by atoms with Gasteiger partial charge < -0.3 is 10.6 Å². The molecule has 1 saturated heterocycles. The molecule has 0 aromatic carbocycles. The van der Waals surface area contributed by atoms with Crippen LogP contribution in [0.4, 0.5) is 0 Å². The molecule has 108 valence electrons. The summed E-state index contributed by atoms with van der Waals surface area (Å²) >= 11 is 0. The first-order chi connectivity index (χ1) is 8.67. The lowest BCUT2D eigenvalue weighted by atomic mass is 9.96. The molecular formula is C15H33N3. The quantitative estimate of drug-likeness (QED) is 0.757. The Hall–Kier alpha value is -0.120. The van der Waals surface area contributed by atoms with Crippen molar-refractivity contribution in [3.8, 4) is 0 Å². The molecule has 1 heterocycles. The summed E-state index contributed by atoms with van der Waals surface area (Å²) in [4.78, 5) is 5.15. The molecule has 0 bridgehead atoms. The smallest absolute Gasteiger partial charge is 0.0194 e. The molecule has 2 N–H and O–H groups in total. The zero-order valence-electron chi connectivity index (χ0n) is 12.7. The van der Waals surface area contributed by atoms with Crippen LogP contribution < -0.4 is 5.73 Å². The molecule has 3 nitrogen and oxygen atoms in total. The molecule has 0 saturated carbocycles. The van der Waals surface area contributed by atoms with Crippen molar-refractivity contribution in [3.63, 3.8) is 0 Å². The maximum absolute atomic E-state index is 5.66. The van der Waals surface area contributed by atoms with E-state index in [-0.39, 0.29) is 0 Å². The number of hydrogen-bond donors (Lipinski definition) is 1. The maximum Gasteiger partial charge on any atom is 0.0194 e. The second kappa shape index (κ2) is 8.89. The summed E-state index contributed by atoms with van der Waals surface area (Å²) in [6.45, 7) is 10.5. The van der Waals surface area contributed by atoms with Crippen molar-refractivity contribution in [3.05, 3.63) is 0 Å². The lowest BCUT2D eigenvalue weighted by Gasteiger charge is -2.28. The number of nitrogens with zero attached hydrogens (tertiary/aromatic N) is 2. The van der Waals surface area contributed by atoms with Gasteiger partial charge in [-0.05, 0) is 71.8 Å². The second-order valence-corrected chi connectivity index (χ2v) is 5.99. The number of nitrogens with two attached hydrogens (primary N) is 1. The van der Waals surface area contributed by atoms with Gasteiger partial charge in [-0.3, -0.25) is 4.90 Å². The second-order valence-electron chi connectivity index (χ2n) is 5.99. The summed E-state index contributed by atoms with van der Waals surface area (Å²) in [5.41, 5.74) is 5.66. The van der Waals surface area contributed by atoms with Crippen molar-refractivity contribution < 1.29 is 0 Å². The van der Waals surface area contributed by atoms with E-state index in [4.69, 9.17) is 5.73 Å². The molecule has 0 radical (unpaired) electrons. The average molecular weight is 255 g/mol. The van der Waals surface area contributed by atoms with Gasteiger partial charge in [0.25, 0.3) is 0 Å². The third-order valence-electron chi connectivity index (χ3n) is 4.39. The molecule has 0 aromatic rings.